The van der Waals surface area contributed by atoms with Crippen LogP contribution in [0.25, 0.3) is 11.5 Å². The van der Waals surface area contributed by atoms with E-state index in [-0.39, 0.29) is 11.2 Å². The lowest BCUT2D eigenvalue weighted by Crippen LogP contribution is -2.39. The molecule has 158 valence electrons. The molecule has 1 aromatic carbocycles. The average Bonchev–Trinajstić information content (AvgIpc) is 3.04. The maximum Gasteiger partial charge on any atom is 0.277 e. The van der Waals surface area contributed by atoms with E-state index < -0.39 is 0 Å². The second-order valence-electron chi connectivity index (χ2n) is 7.55. The maximum atomic E-state index is 12.5. The highest BCUT2D eigenvalue weighted by atomic mass is 32.2. The number of hydrogen-bond donors (Lipinski definition) is 1. The molecule has 1 atom stereocenters. The van der Waals surface area contributed by atoms with Crippen molar-refractivity contribution in [1.29, 1.82) is 0 Å². The molecule has 1 aliphatic carbocycles. The number of nitrogens with zero attached hydrogens (tertiary/aromatic N) is 3. The third kappa shape index (κ3) is 5.98. The van der Waals surface area contributed by atoms with Gasteiger partial charge in [-0.1, -0.05) is 37.4 Å². The SMILES string of the molecule is CCN(CC)c1ccc(-c2nnc(S[C@@H](C)C(=O)NC3CCCCCC3)o2)cc1. The van der Waals surface area contributed by atoms with Gasteiger partial charge in [-0.25, -0.2) is 0 Å². The molecule has 1 N–H and O–H groups in total. The molecule has 0 spiro atoms. The van der Waals surface area contributed by atoms with Crippen molar-refractivity contribution in [2.45, 2.75) is 75.8 Å². The Morgan fingerprint density at radius 1 is 1.14 bits per heavy atom. The summed E-state index contributed by atoms with van der Waals surface area (Å²) in [6, 6.07) is 8.44. The number of benzene rings is 1. The molecule has 1 fully saturated rings. The third-order valence-electron chi connectivity index (χ3n) is 5.50. The number of carbonyl (C=O) groups excluding carboxylic acids is 1. The van der Waals surface area contributed by atoms with Gasteiger partial charge in [-0.2, -0.15) is 0 Å². The molecule has 0 aliphatic heterocycles. The van der Waals surface area contributed by atoms with E-state index in [4.69, 9.17) is 4.42 Å². The fourth-order valence-corrected chi connectivity index (χ4v) is 4.42. The molecule has 1 saturated carbocycles. The first-order valence-corrected chi connectivity index (χ1v) is 11.6. The Balaban J connectivity index is 1.57. The molecule has 2 aromatic rings. The van der Waals surface area contributed by atoms with E-state index in [1.807, 2.05) is 19.1 Å². The number of thioether (sulfide) groups is 1. The Kier molecular flexibility index (Phi) is 7.98. The lowest BCUT2D eigenvalue weighted by Gasteiger charge is -2.20. The van der Waals surface area contributed by atoms with Gasteiger partial charge < -0.3 is 14.6 Å². The minimum atomic E-state index is -0.267. The highest BCUT2D eigenvalue weighted by Gasteiger charge is 2.22. The van der Waals surface area contributed by atoms with E-state index in [1.54, 1.807) is 0 Å². The summed E-state index contributed by atoms with van der Waals surface area (Å²) in [4.78, 5) is 14.8. The minimum Gasteiger partial charge on any atom is -0.411 e. The van der Waals surface area contributed by atoms with Crippen LogP contribution >= 0.6 is 11.8 Å². The zero-order valence-electron chi connectivity index (χ0n) is 17.7. The van der Waals surface area contributed by atoms with Crippen molar-refractivity contribution in [3.8, 4) is 11.5 Å². The van der Waals surface area contributed by atoms with Crippen molar-refractivity contribution < 1.29 is 9.21 Å². The van der Waals surface area contributed by atoms with Crippen LogP contribution in [0.5, 0.6) is 0 Å². The smallest absolute Gasteiger partial charge is 0.277 e. The number of carbonyl (C=O) groups is 1. The highest BCUT2D eigenvalue weighted by Crippen LogP contribution is 2.28. The Morgan fingerprint density at radius 2 is 1.79 bits per heavy atom. The summed E-state index contributed by atoms with van der Waals surface area (Å²) in [6.07, 6.45) is 7.11. The van der Waals surface area contributed by atoms with Gasteiger partial charge in [0.2, 0.25) is 11.8 Å². The predicted molar refractivity (Wildman–Crippen MR) is 118 cm³/mol. The monoisotopic (exact) mass is 416 g/mol. The second-order valence-corrected chi connectivity index (χ2v) is 8.84. The van der Waals surface area contributed by atoms with Gasteiger partial charge in [0.15, 0.2) is 0 Å². The van der Waals surface area contributed by atoms with Gasteiger partial charge in [0, 0.05) is 30.4 Å². The third-order valence-corrected chi connectivity index (χ3v) is 6.43. The van der Waals surface area contributed by atoms with Crippen LogP contribution in [0, 0.1) is 0 Å². The average molecular weight is 417 g/mol. The zero-order valence-corrected chi connectivity index (χ0v) is 18.5. The van der Waals surface area contributed by atoms with Gasteiger partial charge in [0.1, 0.15) is 0 Å². The van der Waals surface area contributed by atoms with Crippen LogP contribution in [0.4, 0.5) is 5.69 Å². The number of anilines is 1. The molecule has 0 radical (unpaired) electrons. The Morgan fingerprint density at radius 3 is 2.41 bits per heavy atom. The van der Waals surface area contributed by atoms with Crippen molar-refractivity contribution in [1.82, 2.24) is 15.5 Å². The molecule has 29 heavy (non-hydrogen) atoms. The lowest BCUT2D eigenvalue weighted by atomic mass is 10.1. The fraction of sp³-hybridized carbons (Fsp3) is 0.591. The standard InChI is InChI=1S/C22H32N4O2S/c1-4-26(5-2)19-14-12-17(13-15-19)21-24-25-22(28-21)29-16(3)20(27)23-18-10-8-6-7-9-11-18/h12-16,18H,4-11H2,1-3H3,(H,23,27)/t16-/m0/s1. The van der Waals surface area contributed by atoms with Crippen LogP contribution in [-0.4, -0.2) is 40.5 Å². The summed E-state index contributed by atoms with van der Waals surface area (Å²) in [5, 5.41) is 11.6. The molecule has 1 aliphatic rings. The van der Waals surface area contributed by atoms with E-state index in [0.717, 1.165) is 31.5 Å². The maximum absolute atomic E-state index is 12.5. The van der Waals surface area contributed by atoms with Crippen molar-refractivity contribution in [3.05, 3.63) is 24.3 Å². The van der Waals surface area contributed by atoms with Crippen LogP contribution in [0.1, 0.15) is 59.3 Å². The number of amides is 1. The second kappa shape index (κ2) is 10.7. The molecule has 1 heterocycles. The van der Waals surface area contributed by atoms with E-state index in [0.29, 0.717) is 17.2 Å². The Bertz CT molecular complexity index is 765. The molecular formula is C22H32N4O2S. The molecule has 1 aromatic heterocycles. The van der Waals surface area contributed by atoms with Crippen LogP contribution in [0.15, 0.2) is 33.9 Å². The summed E-state index contributed by atoms with van der Waals surface area (Å²) in [7, 11) is 0. The van der Waals surface area contributed by atoms with E-state index >= 15 is 0 Å². The zero-order chi connectivity index (χ0) is 20.6. The van der Waals surface area contributed by atoms with Gasteiger partial charge in [-0.15, -0.1) is 10.2 Å². The number of hydrogen-bond acceptors (Lipinski definition) is 6. The summed E-state index contributed by atoms with van der Waals surface area (Å²) in [6.45, 7) is 8.12. The normalized spacial score (nSPS) is 16.2. The molecule has 6 nitrogen and oxygen atoms in total. The van der Waals surface area contributed by atoms with Crippen molar-refractivity contribution in [3.63, 3.8) is 0 Å². The largest absolute Gasteiger partial charge is 0.411 e. The van der Waals surface area contributed by atoms with E-state index in [1.165, 1.54) is 43.1 Å². The molecule has 0 saturated heterocycles. The Labute approximate surface area is 177 Å². The van der Waals surface area contributed by atoms with Gasteiger partial charge >= 0.3 is 0 Å². The predicted octanol–water partition coefficient (Wildman–Crippen LogP) is 4.90. The first kappa shape index (κ1) is 21.7. The number of nitrogens with one attached hydrogen (secondary N) is 1. The van der Waals surface area contributed by atoms with Crippen molar-refractivity contribution >= 4 is 23.4 Å². The molecule has 0 bridgehead atoms. The van der Waals surface area contributed by atoms with Crippen LogP contribution < -0.4 is 10.2 Å². The molecule has 0 unspecified atom stereocenters. The number of aromatic nitrogens is 2. The highest BCUT2D eigenvalue weighted by molar-refractivity contribution is 8.00. The van der Waals surface area contributed by atoms with Gasteiger partial charge in [0.25, 0.3) is 5.22 Å². The number of rotatable bonds is 8. The van der Waals surface area contributed by atoms with E-state index in [2.05, 4.69) is 46.4 Å². The Hall–Kier alpha value is -2.02. The first-order valence-electron chi connectivity index (χ1n) is 10.8. The van der Waals surface area contributed by atoms with Crippen molar-refractivity contribution in [2.24, 2.45) is 0 Å². The summed E-state index contributed by atoms with van der Waals surface area (Å²) < 4.78 is 5.80. The molecule has 7 heteroatoms. The molecular weight excluding hydrogens is 384 g/mol. The molecule has 1 amide bonds. The van der Waals surface area contributed by atoms with E-state index in [9.17, 15) is 4.79 Å². The van der Waals surface area contributed by atoms with Crippen molar-refractivity contribution in [2.75, 3.05) is 18.0 Å². The summed E-state index contributed by atoms with van der Waals surface area (Å²) >= 11 is 1.32. The van der Waals surface area contributed by atoms with Crippen LogP contribution in [0.2, 0.25) is 0 Å². The lowest BCUT2D eigenvalue weighted by molar-refractivity contribution is -0.121. The van der Waals surface area contributed by atoms with Crippen LogP contribution in [-0.2, 0) is 4.79 Å². The fourth-order valence-electron chi connectivity index (χ4n) is 3.72. The van der Waals surface area contributed by atoms with Crippen LogP contribution in [0.3, 0.4) is 0 Å². The van der Waals surface area contributed by atoms with Gasteiger partial charge in [-0.05, 0) is 57.9 Å². The molecule has 3 rings (SSSR count). The first-order chi connectivity index (χ1) is 14.1. The minimum absolute atomic E-state index is 0.0465. The quantitative estimate of drug-likeness (QED) is 0.487. The topological polar surface area (TPSA) is 71.3 Å². The summed E-state index contributed by atoms with van der Waals surface area (Å²) in [5.41, 5.74) is 2.06. The van der Waals surface area contributed by atoms with Gasteiger partial charge in [0.05, 0.1) is 5.25 Å². The summed E-state index contributed by atoms with van der Waals surface area (Å²) in [5.74, 6) is 0.528. The van der Waals surface area contributed by atoms with Gasteiger partial charge in [-0.3, -0.25) is 4.79 Å².